The van der Waals surface area contributed by atoms with E-state index in [1.807, 2.05) is 6.92 Å². The molecule has 1 unspecified atom stereocenters. The van der Waals surface area contributed by atoms with Gasteiger partial charge in [0.25, 0.3) is 0 Å². The third-order valence-corrected chi connectivity index (χ3v) is 4.02. The SMILES string of the molecule is CCc1nc(SC(C)C(=O)Nc2ccc(C(C)=O)cc2)n[nH]1. The first-order valence-corrected chi connectivity index (χ1v) is 7.87. The molecule has 2 rings (SSSR count). The van der Waals surface area contributed by atoms with Crippen LogP contribution < -0.4 is 5.32 Å². The fourth-order valence-corrected chi connectivity index (χ4v) is 2.48. The molecule has 1 aromatic heterocycles. The van der Waals surface area contributed by atoms with Crippen molar-refractivity contribution in [2.75, 3.05) is 5.32 Å². The highest BCUT2D eigenvalue weighted by Crippen LogP contribution is 2.21. The minimum Gasteiger partial charge on any atom is -0.325 e. The molecule has 7 heteroatoms. The Balaban J connectivity index is 1.94. The monoisotopic (exact) mass is 318 g/mol. The Morgan fingerprint density at radius 3 is 2.55 bits per heavy atom. The molecule has 6 nitrogen and oxygen atoms in total. The van der Waals surface area contributed by atoms with E-state index >= 15 is 0 Å². The molecule has 0 saturated carbocycles. The lowest BCUT2D eigenvalue weighted by Crippen LogP contribution is -2.22. The molecule has 0 aliphatic rings. The van der Waals surface area contributed by atoms with E-state index in [9.17, 15) is 9.59 Å². The van der Waals surface area contributed by atoms with Gasteiger partial charge in [-0.15, -0.1) is 5.10 Å². The number of Topliss-reactive ketones (excluding diaryl/α,β-unsaturated/α-hetero) is 1. The zero-order valence-electron chi connectivity index (χ0n) is 12.7. The second-order valence-corrected chi connectivity index (χ2v) is 6.11. The van der Waals surface area contributed by atoms with Crippen molar-refractivity contribution in [3.05, 3.63) is 35.7 Å². The molecule has 116 valence electrons. The summed E-state index contributed by atoms with van der Waals surface area (Å²) in [4.78, 5) is 27.6. The van der Waals surface area contributed by atoms with Gasteiger partial charge >= 0.3 is 0 Å². The van der Waals surface area contributed by atoms with E-state index < -0.39 is 0 Å². The Hall–Kier alpha value is -2.15. The number of hydrogen-bond acceptors (Lipinski definition) is 5. The number of amides is 1. The van der Waals surface area contributed by atoms with Crippen LogP contribution in [0, 0.1) is 0 Å². The number of H-pyrrole nitrogens is 1. The molecule has 1 atom stereocenters. The summed E-state index contributed by atoms with van der Waals surface area (Å²) in [5, 5.41) is 9.93. The third-order valence-electron chi connectivity index (χ3n) is 3.06. The van der Waals surface area contributed by atoms with Crippen LogP contribution in [0.5, 0.6) is 0 Å². The number of aromatic nitrogens is 3. The summed E-state index contributed by atoms with van der Waals surface area (Å²) in [5.74, 6) is 0.663. The number of thioether (sulfide) groups is 1. The summed E-state index contributed by atoms with van der Waals surface area (Å²) in [6.07, 6.45) is 0.774. The number of carbonyl (C=O) groups excluding carboxylic acids is 2. The van der Waals surface area contributed by atoms with Gasteiger partial charge in [-0.25, -0.2) is 4.98 Å². The summed E-state index contributed by atoms with van der Waals surface area (Å²) in [6, 6.07) is 6.82. The van der Waals surface area contributed by atoms with Crippen molar-refractivity contribution in [2.45, 2.75) is 37.6 Å². The first-order valence-electron chi connectivity index (χ1n) is 6.99. The Labute approximate surface area is 133 Å². The van der Waals surface area contributed by atoms with Gasteiger partial charge in [0.15, 0.2) is 5.78 Å². The second-order valence-electron chi connectivity index (χ2n) is 4.80. The van der Waals surface area contributed by atoms with Crippen LogP contribution in [-0.2, 0) is 11.2 Å². The predicted octanol–water partition coefficient (Wildman–Crippen LogP) is 2.69. The number of benzene rings is 1. The highest BCUT2D eigenvalue weighted by atomic mass is 32.2. The zero-order valence-corrected chi connectivity index (χ0v) is 13.5. The summed E-state index contributed by atoms with van der Waals surface area (Å²) in [6.45, 7) is 5.29. The molecule has 2 N–H and O–H groups in total. The predicted molar refractivity (Wildman–Crippen MR) is 86.2 cm³/mol. The first-order chi connectivity index (χ1) is 10.5. The molecule has 0 radical (unpaired) electrons. The van der Waals surface area contributed by atoms with Gasteiger partial charge in [0.05, 0.1) is 5.25 Å². The van der Waals surface area contributed by atoms with Crippen molar-refractivity contribution in [1.82, 2.24) is 15.2 Å². The molecule has 0 saturated heterocycles. The van der Waals surface area contributed by atoms with Crippen LogP contribution in [0.2, 0.25) is 0 Å². The number of rotatable bonds is 6. The zero-order chi connectivity index (χ0) is 16.1. The number of aryl methyl sites for hydroxylation is 1. The minimum atomic E-state index is -0.326. The van der Waals surface area contributed by atoms with E-state index in [0.29, 0.717) is 16.4 Å². The van der Waals surface area contributed by atoms with Crippen LogP contribution in [0.15, 0.2) is 29.4 Å². The maximum Gasteiger partial charge on any atom is 0.237 e. The third kappa shape index (κ3) is 4.17. The van der Waals surface area contributed by atoms with Crippen molar-refractivity contribution in [3.8, 4) is 0 Å². The Kier molecular flexibility index (Phi) is 5.32. The molecule has 22 heavy (non-hydrogen) atoms. The lowest BCUT2D eigenvalue weighted by molar-refractivity contribution is -0.115. The number of nitrogens with one attached hydrogen (secondary N) is 2. The summed E-state index contributed by atoms with van der Waals surface area (Å²) < 4.78 is 0. The van der Waals surface area contributed by atoms with Gasteiger partial charge in [-0.3, -0.25) is 14.7 Å². The number of carbonyl (C=O) groups is 2. The highest BCUT2D eigenvalue weighted by molar-refractivity contribution is 8.00. The molecule has 1 amide bonds. The second kappa shape index (κ2) is 7.22. The quantitative estimate of drug-likeness (QED) is 0.631. The Bertz CT molecular complexity index is 666. The lowest BCUT2D eigenvalue weighted by Gasteiger charge is -2.10. The topological polar surface area (TPSA) is 87.7 Å². The first kappa shape index (κ1) is 16.2. The van der Waals surface area contributed by atoms with Gasteiger partial charge in [-0.05, 0) is 38.1 Å². The van der Waals surface area contributed by atoms with E-state index in [2.05, 4.69) is 20.5 Å². The van der Waals surface area contributed by atoms with E-state index in [1.54, 1.807) is 31.2 Å². The number of hydrogen-bond donors (Lipinski definition) is 2. The van der Waals surface area contributed by atoms with Gasteiger partial charge in [-0.2, -0.15) is 0 Å². The van der Waals surface area contributed by atoms with Crippen LogP contribution >= 0.6 is 11.8 Å². The molecule has 1 heterocycles. The van der Waals surface area contributed by atoms with Crippen molar-refractivity contribution >= 4 is 29.1 Å². The molecule has 0 aliphatic heterocycles. The molecule has 0 aliphatic carbocycles. The number of aromatic amines is 1. The van der Waals surface area contributed by atoms with Crippen molar-refractivity contribution in [3.63, 3.8) is 0 Å². The molecule has 0 bridgehead atoms. The van der Waals surface area contributed by atoms with Crippen molar-refractivity contribution in [1.29, 1.82) is 0 Å². The van der Waals surface area contributed by atoms with Gasteiger partial charge in [0.1, 0.15) is 5.82 Å². The van der Waals surface area contributed by atoms with Gasteiger partial charge in [0.2, 0.25) is 11.1 Å². The van der Waals surface area contributed by atoms with Crippen molar-refractivity contribution in [2.24, 2.45) is 0 Å². The largest absolute Gasteiger partial charge is 0.325 e. The summed E-state index contributed by atoms with van der Waals surface area (Å²) >= 11 is 1.30. The normalized spacial score (nSPS) is 12.0. The fraction of sp³-hybridized carbons (Fsp3) is 0.333. The summed E-state index contributed by atoms with van der Waals surface area (Å²) in [7, 11) is 0. The fourth-order valence-electron chi connectivity index (χ4n) is 1.73. The van der Waals surface area contributed by atoms with Crippen LogP contribution in [0.1, 0.15) is 37.0 Å². The average molecular weight is 318 g/mol. The van der Waals surface area contributed by atoms with Crippen LogP contribution in [-0.4, -0.2) is 32.1 Å². The van der Waals surface area contributed by atoms with Gasteiger partial charge in [0, 0.05) is 17.7 Å². The minimum absolute atomic E-state index is 0.00173. The molecular weight excluding hydrogens is 300 g/mol. The lowest BCUT2D eigenvalue weighted by atomic mass is 10.1. The van der Waals surface area contributed by atoms with E-state index in [0.717, 1.165) is 12.2 Å². The highest BCUT2D eigenvalue weighted by Gasteiger charge is 2.17. The van der Waals surface area contributed by atoms with Gasteiger partial charge < -0.3 is 5.32 Å². The number of ketones is 1. The van der Waals surface area contributed by atoms with Crippen LogP contribution in [0.4, 0.5) is 5.69 Å². The number of anilines is 1. The maximum absolute atomic E-state index is 12.1. The van der Waals surface area contributed by atoms with E-state index in [1.165, 1.54) is 18.7 Å². The molecular formula is C15H18N4O2S. The molecule has 0 fully saturated rings. The standard InChI is InChI=1S/C15H18N4O2S/c1-4-13-17-15(19-18-13)22-10(3)14(21)16-12-7-5-11(6-8-12)9(2)20/h5-8,10H,4H2,1-3H3,(H,16,21)(H,17,18,19). The average Bonchev–Trinajstić information content (AvgIpc) is 2.95. The van der Waals surface area contributed by atoms with E-state index in [4.69, 9.17) is 0 Å². The number of nitrogens with zero attached hydrogens (tertiary/aromatic N) is 2. The van der Waals surface area contributed by atoms with E-state index in [-0.39, 0.29) is 16.9 Å². The molecule has 2 aromatic rings. The molecule has 1 aromatic carbocycles. The van der Waals surface area contributed by atoms with Gasteiger partial charge in [-0.1, -0.05) is 18.7 Å². The smallest absolute Gasteiger partial charge is 0.237 e. The Morgan fingerprint density at radius 1 is 1.32 bits per heavy atom. The molecule has 0 spiro atoms. The Morgan fingerprint density at radius 2 is 2.00 bits per heavy atom. The van der Waals surface area contributed by atoms with Crippen molar-refractivity contribution < 1.29 is 9.59 Å². The maximum atomic E-state index is 12.1. The van der Waals surface area contributed by atoms with Crippen LogP contribution in [0.25, 0.3) is 0 Å². The van der Waals surface area contributed by atoms with Crippen LogP contribution in [0.3, 0.4) is 0 Å². The summed E-state index contributed by atoms with van der Waals surface area (Å²) in [5.41, 5.74) is 1.28.